The predicted octanol–water partition coefficient (Wildman–Crippen LogP) is 5.20. The van der Waals surface area contributed by atoms with Crippen LogP contribution < -0.4 is 15.7 Å². The molecule has 1 amide bonds. The molecule has 2 aromatic heterocycles. The number of nitrogens with zero attached hydrogens (tertiary/aromatic N) is 1. The van der Waals surface area contributed by atoms with E-state index in [1.165, 1.54) is 12.1 Å². The fourth-order valence-electron chi connectivity index (χ4n) is 3.02. The molecule has 152 valence electrons. The largest absolute Gasteiger partial charge is 0.482 e. The minimum atomic E-state index is -0.457. The van der Waals surface area contributed by atoms with Gasteiger partial charge in [-0.15, -0.1) is 11.3 Å². The Morgan fingerprint density at radius 1 is 1.23 bits per heavy atom. The van der Waals surface area contributed by atoms with Gasteiger partial charge in [0.15, 0.2) is 6.61 Å². The van der Waals surface area contributed by atoms with E-state index in [1.54, 1.807) is 30.4 Å². The molecular weight excluding hydrogens is 424 g/mol. The average molecular weight is 441 g/mol. The highest BCUT2D eigenvalue weighted by Crippen LogP contribution is 2.31. The fourth-order valence-corrected chi connectivity index (χ4v) is 3.86. The zero-order valence-electron chi connectivity index (χ0n) is 16.2. The molecule has 0 unspecified atom stereocenters. The van der Waals surface area contributed by atoms with Gasteiger partial charge in [0, 0.05) is 34.1 Å². The van der Waals surface area contributed by atoms with Crippen molar-refractivity contribution in [1.29, 1.82) is 0 Å². The monoisotopic (exact) mass is 440 g/mol. The van der Waals surface area contributed by atoms with E-state index in [1.807, 2.05) is 30.5 Å². The van der Waals surface area contributed by atoms with Crippen LogP contribution in [-0.4, -0.2) is 17.5 Å². The molecule has 8 heteroatoms. The van der Waals surface area contributed by atoms with Crippen LogP contribution in [0, 0.1) is 13.8 Å². The van der Waals surface area contributed by atoms with Gasteiger partial charge in [-0.25, -0.2) is 9.78 Å². The lowest BCUT2D eigenvalue weighted by molar-refractivity contribution is -0.118. The summed E-state index contributed by atoms with van der Waals surface area (Å²) in [6, 6.07) is 12.0. The highest BCUT2D eigenvalue weighted by atomic mass is 35.5. The number of carbonyl (C=O) groups excluding carboxylic acids is 1. The summed E-state index contributed by atoms with van der Waals surface area (Å²) in [5.74, 6) is -0.0803. The van der Waals surface area contributed by atoms with Crippen molar-refractivity contribution in [3.63, 3.8) is 0 Å². The maximum absolute atomic E-state index is 12.4. The summed E-state index contributed by atoms with van der Waals surface area (Å²) < 4.78 is 10.8. The Morgan fingerprint density at radius 3 is 2.83 bits per heavy atom. The molecule has 0 saturated carbocycles. The third kappa shape index (κ3) is 4.37. The molecule has 0 atom stereocenters. The number of thiazole rings is 1. The van der Waals surface area contributed by atoms with Crippen molar-refractivity contribution >= 4 is 45.5 Å². The number of hydrogen-bond acceptors (Lipinski definition) is 6. The number of hydrogen-bond donors (Lipinski definition) is 1. The quantitative estimate of drug-likeness (QED) is 0.431. The summed E-state index contributed by atoms with van der Waals surface area (Å²) in [7, 11) is 0. The Bertz CT molecular complexity index is 1310. The first-order chi connectivity index (χ1) is 14.4. The molecule has 0 spiro atoms. The average Bonchev–Trinajstić information content (AvgIpc) is 3.14. The van der Waals surface area contributed by atoms with Crippen LogP contribution in [0.5, 0.6) is 5.75 Å². The molecule has 0 aliphatic rings. The van der Waals surface area contributed by atoms with Gasteiger partial charge >= 0.3 is 5.63 Å². The molecule has 30 heavy (non-hydrogen) atoms. The van der Waals surface area contributed by atoms with Crippen molar-refractivity contribution in [2.45, 2.75) is 13.8 Å². The van der Waals surface area contributed by atoms with Gasteiger partial charge in [0.05, 0.1) is 15.7 Å². The summed E-state index contributed by atoms with van der Waals surface area (Å²) in [5.41, 5.74) is 3.07. The fraction of sp³-hybridized carbons (Fsp3) is 0.136. The third-order valence-electron chi connectivity index (χ3n) is 4.42. The van der Waals surface area contributed by atoms with Gasteiger partial charge in [-0.3, -0.25) is 4.79 Å². The second kappa shape index (κ2) is 8.30. The Kier molecular flexibility index (Phi) is 5.57. The van der Waals surface area contributed by atoms with Crippen LogP contribution in [0.4, 0.5) is 5.69 Å². The van der Waals surface area contributed by atoms with Gasteiger partial charge in [0.2, 0.25) is 0 Å². The third-order valence-corrected chi connectivity index (χ3v) is 5.49. The van der Waals surface area contributed by atoms with E-state index >= 15 is 0 Å². The lowest BCUT2D eigenvalue weighted by Crippen LogP contribution is -2.20. The number of aryl methyl sites for hydroxylation is 2. The summed E-state index contributed by atoms with van der Waals surface area (Å²) in [4.78, 5) is 28.4. The first kappa shape index (κ1) is 20.1. The number of ether oxygens (including phenoxy) is 1. The van der Waals surface area contributed by atoms with Crippen LogP contribution in [0.1, 0.15) is 10.6 Å². The molecule has 0 aliphatic heterocycles. The van der Waals surface area contributed by atoms with Crippen LogP contribution in [0.3, 0.4) is 0 Å². The number of fused-ring (bicyclic) bond motifs is 1. The number of nitrogens with one attached hydrogen (secondary N) is 1. The maximum Gasteiger partial charge on any atom is 0.336 e. The van der Waals surface area contributed by atoms with Crippen LogP contribution in [-0.2, 0) is 4.79 Å². The van der Waals surface area contributed by atoms with Gasteiger partial charge in [0.25, 0.3) is 5.91 Å². The van der Waals surface area contributed by atoms with Gasteiger partial charge in [-0.2, -0.15) is 0 Å². The van der Waals surface area contributed by atoms with Crippen molar-refractivity contribution in [3.8, 4) is 17.0 Å². The number of rotatable bonds is 5. The minimum absolute atomic E-state index is 0.249. The second-order valence-corrected chi connectivity index (χ2v) is 8.17. The number of carbonyl (C=O) groups is 1. The Hall–Kier alpha value is -3.16. The molecule has 4 rings (SSSR count). The van der Waals surface area contributed by atoms with Crippen molar-refractivity contribution in [2.24, 2.45) is 0 Å². The minimum Gasteiger partial charge on any atom is -0.482 e. The molecule has 0 aliphatic carbocycles. The first-order valence-corrected chi connectivity index (χ1v) is 10.3. The number of halogens is 1. The molecular formula is C22H17ClN2O4S. The molecule has 0 bridgehead atoms. The molecule has 0 radical (unpaired) electrons. The van der Waals surface area contributed by atoms with Crippen LogP contribution in [0.2, 0.25) is 5.02 Å². The first-order valence-electron chi connectivity index (χ1n) is 9.08. The van der Waals surface area contributed by atoms with Crippen molar-refractivity contribution in [3.05, 3.63) is 73.9 Å². The number of anilines is 1. The van der Waals surface area contributed by atoms with E-state index in [0.717, 1.165) is 21.8 Å². The molecule has 2 aromatic carbocycles. The van der Waals surface area contributed by atoms with Gasteiger partial charge in [-0.05, 0) is 37.6 Å². The molecule has 0 fully saturated rings. The maximum atomic E-state index is 12.4. The van der Waals surface area contributed by atoms with Gasteiger partial charge in [0.1, 0.15) is 11.3 Å². The normalized spacial score (nSPS) is 10.9. The van der Waals surface area contributed by atoms with Gasteiger partial charge in [-0.1, -0.05) is 23.7 Å². The SMILES string of the molecule is Cc1nc(-c2cccc(NC(=O)COc3cc4oc(=O)cc(C)c4cc3Cl)c2)cs1. The zero-order chi connectivity index (χ0) is 21.3. The van der Waals surface area contributed by atoms with Crippen LogP contribution in [0.15, 0.2) is 57.1 Å². The van der Waals surface area contributed by atoms with E-state index < -0.39 is 5.63 Å². The molecule has 0 saturated heterocycles. The summed E-state index contributed by atoms with van der Waals surface area (Å²) >= 11 is 7.84. The highest BCUT2D eigenvalue weighted by molar-refractivity contribution is 7.09. The van der Waals surface area contributed by atoms with E-state index in [2.05, 4.69) is 10.3 Å². The molecule has 1 N–H and O–H groups in total. The van der Waals surface area contributed by atoms with E-state index in [9.17, 15) is 9.59 Å². The van der Waals surface area contributed by atoms with Crippen molar-refractivity contribution in [2.75, 3.05) is 11.9 Å². The lowest BCUT2D eigenvalue weighted by Gasteiger charge is -2.11. The van der Waals surface area contributed by atoms with Crippen LogP contribution in [0.25, 0.3) is 22.2 Å². The van der Waals surface area contributed by atoms with E-state index in [4.69, 9.17) is 20.8 Å². The number of benzene rings is 2. The Labute approximate surface area is 181 Å². The van der Waals surface area contributed by atoms with Crippen LogP contribution >= 0.6 is 22.9 Å². The Balaban J connectivity index is 1.46. The zero-order valence-corrected chi connectivity index (χ0v) is 17.8. The van der Waals surface area contributed by atoms with Crippen molar-refractivity contribution in [1.82, 2.24) is 4.98 Å². The Morgan fingerprint density at radius 2 is 2.07 bits per heavy atom. The molecule has 4 aromatic rings. The lowest BCUT2D eigenvalue weighted by atomic mass is 10.1. The highest BCUT2D eigenvalue weighted by Gasteiger charge is 2.12. The summed E-state index contributed by atoms with van der Waals surface area (Å²) in [6.45, 7) is 3.49. The van der Waals surface area contributed by atoms with E-state index in [-0.39, 0.29) is 18.3 Å². The number of amides is 1. The van der Waals surface area contributed by atoms with Crippen molar-refractivity contribution < 1.29 is 13.9 Å². The summed E-state index contributed by atoms with van der Waals surface area (Å²) in [5, 5.41) is 6.79. The summed E-state index contributed by atoms with van der Waals surface area (Å²) in [6.07, 6.45) is 0. The second-order valence-electron chi connectivity index (χ2n) is 6.70. The predicted molar refractivity (Wildman–Crippen MR) is 119 cm³/mol. The number of aromatic nitrogens is 1. The smallest absolute Gasteiger partial charge is 0.336 e. The van der Waals surface area contributed by atoms with Gasteiger partial charge < -0.3 is 14.5 Å². The topological polar surface area (TPSA) is 81.4 Å². The molecule has 6 nitrogen and oxygen atoms in total. The van der Waals surface area contributed by atoms with E-state index in [0.29, 0.717) is 21.7 Å². The molecule has 2 heterocycles. The standard InChI is InChI=1S/C22H17ClN2O4S/c1-12-6-22(27)29-19-9-20(17(23)8-16(12)19)28-10-21(26)25-15-5-3-4-14(7-15)18-11-30-13(2)24-18/h3-9,11H,10H2,1-2H3,(H,25,26).